The highest BCUT2D eigenvalue weighted by molar-refractivity contribution is 5.17. The number of aliphatic hydroxyl groups is 3. The molecule has 3 nitrogen and oxygen atoms in total. The van der Waals surface area contributed by atoms with Gasteiger partial charge in [0.25, 0.3) is 5.97 Å². The molecule has 0 fully saturated rings. The topological polar surface area (TPSA) is 60.7 Å². The van der Waals surface area contributed by atoms with Crippen LogP contribution in [0, 0.1) is 0 Å². The smallest absolute Gasteiger partial charge is 0.300 e. The molecular weight excluding hydrogens is 156 g/mol. The molecule has 0 aliphatic heterocycles. The van der Waals surface area contributed by atoms with Gasteiger partial charge in [-0.05, 0) is 19.3 Å². The predicted octanol–water partition coefficient (Wildman–Crippen LogP) is 1.14. The van der Waals surface area contributed by atoms with Gasteiger partial charge in [-0.25, -0.2) is 0 Å². The Balaban J connectivity index is 4.82. The van der Waals surface area contributed by atoms with E-state index >= 15 is 0 Å². The summed E-state index contributed by atoms with van der Waals surface area (Å²) < 4.78 is 0. The lowest BCUT2D eigenvalue weighted by Crippen LogP contribution is -2.30. The lowest BCUT2D eigenvalue weighted by molar-refractivity contribution is -0.283. The van der Waals surface area contributed by atoms with Gasteiger partial charge in [0.1, 0.15) is 0 Å². The summed E-state index contributed by atoms with van der Waals surface area (Å²) in [6.45, 7) is 5.65. The van der Waals surface area contributed by atoms with E-state index in [1.165, 1.54) is 0 Å². The van der Waals surface area contributed by atoms with Gasteiger partial charge in [-0.1, -0.05) is 26.3 Å². The van der Waals surface area contributed by atoms with E-state index in [9.17, 15) is 0 Å². The zero-order valence-corrected chi connectivity index (χ0v) is 7.96. The van der Waals surface area contributed by atoms with Crippen molar-refractivity contribution in [2.45, 2.75) is 46.0 Å². The fourth-order valence-electron chi connectivity index (χ4n) is 1.40. The molecule has 0 saturated carbocycles. The Hall–Kier alpha value is -0.380. The largest absolute Gasteiger partial charge is 0.340 e. The monoisotopic (exact) mass is 174 g/mol. The maximum atomic E-state index is 8.96. The molecule has 0 atom stereocenters. The van der Waals surface area contributed by atoms with E-state index in [0.29, 0.717) is 12.0 Å². The van der Waals surface area contributed by atoms with Crippen molar-refractivity contribution in [3.8, 4) is 0 Å². The Morgan fingerprint density at radius 3 is 1.42 bits per heavy atom. The molecule has 0 spiro atoms. The molecular formula is C9H18O3. The molecule has 0 aromatic rings. The first-order valence-corrected chi connectivity index (χ1v) is 4.35. The molecule has 12 heavy (non-hydrogen) atoms. The van der Waals surface area contributed by atoms with E-state index in [1.807, 2.05) is 13.8 Å². The van der Waals surface area contributed by atoms with E-state index in [2.05, 4.69) is 0 Å². The zero-order valence-electron chi connectivity index (χ0n) is 7.96. The minimum absolute atomic E-state index is 0.326. The van der Waals surface area contributed by atoms with Gasteiger partial charge in [0.05, 0.1) is 0 Å². The summed E-state index contributed by atoms with van der Waals surface area (Å²) >= 11 is 0. The second-order valence-electron chi connectivity index (χ2n) is 2.78. The molecule has 0 rings (SSSR count). The second kappa shape index (κ2) is 4.60. The third-order valence-electron chi connectivity index (χ3n) is 2.04. The van der Waals surface area contributed by atoms with E-state index in [1.54, 1.807) is 6.92 Å². The maximum Gasteiger partial charge on any atom is 0.300 e. The lowest BCUT2D eigenvalue weighted by atomic mass is 9.99. The Morgan fingerprint density at radius 1 is 0.917 bits per heavy atom. The summed E-state index contributed by atoms with van der Waals surface area (Å²) in [7, 11) is 0. The second-order valence-corrected chi connectivity index (χ2v) is 2.78. The lowest BCUT2D eigenvalue weighted by Gasteiger charge is -2.20. The molecule has 0 bridgehead atoms. The highest BCUT2D eigenvalue weighted by Gasteiger charge is 2.25. The number of hydrogen-bond donors (Lipinski definition) is 3. The van der Waals surface area contributed by atoms with Crippen LogP contribution in [0.15, 0.2) is 11.1 Å². The highest BCUT2D eigenvalue weighted by atomic mass is 16.7. The van der Waals surface area contributed by atoms with Gasteiger partial charge in [-0.2, -0.15) is 0 Å². The van der Waals surface area contributed by atoms with Gasteiger partial charge in [-0.3, -0.25) is 0 Å². The molecule has 0 aliphatic rings. The molecule has 0 saturated heterocycles. The average molecular weight is 174 g/mol. The first-order valence-electron chi connectivity index (χ1n) is 4.35. The van der Waals surface area contributed by atoms with Gasteiger partial charge in [0.2, 0.25) is 0 Å². The zero-order chi connectivity index (χ0) is 9.78. The normalized spacial score (nSPS) is 11.5. The van der Waals surface area contributed by atoms with Crippen LogP contribution in [0.2, 0.25) is 0 Å². The number of allylic oxidation sites excluding steroid dienone is 1. The maximum absolute atomic E-state index is 8.96. The van der Waals surface area contributed by atoms with Gasteiger partial charge >= 0.3 is 0 Å². The van der Waals surface area contributed by atoms with Crippen molar-refractivity contribution in [2.24, 2.45) is 0 Å². The van der Waals surface area contributed by atoms with Crippen molar-refractivity contribution in [3.63, 3.8) is 0 Å². The van der Waals surface area contributed by atoms with Crippen LogP contribution in [0.5, 0.6) is 0 Å². The van der Waals surface area contributed by atoms with Crippen LogP contribution >= 0.6 is 0 Å². The van der Waals surface area contributed by atoms with Crippen LogP contribution in [-0.4, -0.2) is 21.3 Å². The Morgan fingerprint density at radius 2 is 1.33 bits per heavy atom. The van der Waals surface area contributed by atoms with Crippen molar-refractivity contribution in [2.75, 3.05) is 0 Å². The molecule has 72 valence electrons. The van der Waals surface area contributed by atoms with E-state index in [-0.39, 0.29) is 0 Å². The summed E-state index contributed by atoms with van der Waals surface area (Å²) in [5.74, 6) is -2.63. The standard InChI is InChI=1S/C9H18O3/c1-4-7(5-2)8(6-3)9(10,11)12/h10-12H,4-6H2,1-3H3. The predicted molar refractivity (Wildman–Crippen MR) is 47.3 cm³/mol. The molecule has 0 heterocycles. The fourth-order valence-corrected chi connectivity index (χ4v) is 1.40. The van der Waals surface area contributed by atoms with Gasteiger partial charge in [0.15, 0.2) is 0 Å². The molecule has 0 aliphatic carbocycles. The van der Waals surface area contributed by atoms with E-state index in [0.717, 1.165) is 18.4 Å². The SMILES string of the molecule is CCC(CC)=C(CC)C(O)(O)O. The van der Waals surface area contributed by atoms with E-state index in [4.69, 9.17) is 15.3 Å². The van der Waals surface area contributed by atoms with Crippen LogP contribution in [-0.2, 0) is 0 Å². The highest BCUT2D eigenvalue weighted by Crippen LogP contribution is 2.22. The summed E-state index contributed by atoms with van der Waals surface area (Å²) in [6, 6.07) is 0. The average Bonchev–Trinajstić information content (AvgIpc) is 1.97. The molecule has 0 aromatic heterocycles. The van der Waals surface area contributed by atoms with Crippen LogP contribution in [0.1, 0.15) is 40.0 Å². The first-order chi connectivity index (χ1) is 5.47. The summed E-state index contributed by atoms with van der Waals surface area (Å²) in [4.78, 5) is 0. The summed E-state index contributed by atoms with van der Waals surface area (Å²) in [6.07, 6.45) is 1.94. The molecule has 0 amide bonds. The van der Waals surface area contributed by atoms with Crippen molar-refractivity contribution < 1.29 is 15.3 Å². The van der Waals surface area contributed by atoms with Gasteiger partial charge in [-0.15, -0.1) is 0 Å². The number of hydrogen-bond acceptors (Lipinski definition) is 3. The Labute approximate surface area is 73.4 Å². The van der Waals surface area contributed by atoms with Crippen molar-refractivity contribution in [1.29, 1.82) is 0 Å². The number of rotatable bonds is 4. The molecule has 0 unspecified atom stereocenters. The Bertz CT molecular complexity index is 159. The minimum Gasteiger partial charge on any atom is -0.340 e. The van der Waals surface area contributed by atoms with Crippen molar-refractivity contribution in [3.05, 3.63) is 11.1 Å². The summed E-state index contributed by atoms with van der Waals surface area (Å²) in [5.41, 5.74) is 1.23. The molecule has 0 aromatic carbocycles. The van der Waals surface area contributed by atoms with Gasteiger partial charge in [0, 0.05) is 5.57 Å². The van der Waals surface area contributed by atoms with Crippen LogP contribution < -0.4 is 0 Å². The van der Waals surface area contributed by atoms with Crippen LogP contribution in [0.25, 0.3) is 0 Å². The minimum atomic E-state index is -2.63. The first kappa shape index (κ1) is 11.6. The Kier molecular flexibility index (Phi) is 4.45. The van der Waals surface area contributed by atoms with Crippen molar-refractivity contribution >= 4 is 0 Å². The van der Waals surface area contributed by atoms with Crippen LogP contribution in [0.3, 0.4) is 0 Å². The third-order valence-corrected chi connectivity index (χ3v) is 2.04. The molecule has 0 radical (unpaired) electrons. The van der Waals surface area contributed by atoms with E-state index < -0.39 is 5.97 Å². The van der Waals surface area contributed by atoms with Gasteiger partial charge < -0.3 is 15.3 Å². The van der Waals surface area contributed by atoms with Crippen LogP contribution in [0.4, 0.5) is 0 Å². The molecule has 3 N–H and O–H groups in total. The summed E-state index contributed by atoms with van der Waals surface area (Å²) in [5, 5.41) is 26.9. The third kappa shape index (κ3) is 2.93. The van der Waals surface area contributed by atoms with Crippen molar-refractivity contribution in [1.82, 2.24) is 0 Å². The molecule has 3 heteroatoms. The quantitative estimate of drug-likeness (QED) is 0.442. The fraction of sp³-hybridized carbons (Fsp3) is 0.778.